The van der Waals surface area contributed by atoms with Crippen LogP contribution < -0.4 is 10.1 Å². The smallest absolute Gasteiger partial charge is 0.143 e. The van der Waals surface area contributed by atoms with E-state index in [0.717, 1.165) is 44.2 Å². The number of ether oxygens (including phenoxy) is 1. The van der Waals surface area contributed by atoms with E-state index in [4.69, 9.17) is 9.72 Å². The first-order valence-electron chi connectivity index (χ1n) is 9.14. The summed E-state index contributed by atoms with van der Waals surface area (Å²) >= 11 is 3.58. The number of hydrogen-bond donors (Lipinski definition) is 1. The van der Waals surface area contributed by atoms with Crippen molar-refractivity contribution in [1.82, 2.24) is 9.38 Å². The molecule has 1 N–H and O–H groups in total. The molecule has 2 aromatic carbocycles. The van der Waals surface area contributed by atoms with Gasteiger partial charge in [0.1, 0.15) is 22.9 Å². The predicted molar refractivity (Wildman–Crippen MR) is 119 cm³/mol. The summed E-state index contributed by atoms with van der Waals surface area (Å²) in [6, 6.07) is 16.5. The normalized spacial score (nSPS) is 11.0. The van der Waals surface area contributed by atoms with Crippen molar-refractivity contribution in [3.05, 3.63) is 75.9 Å². The van der Waals surface area contributed by atoms with Crippen molar-refractivity contribution in [2.75, 3.05) is 12.4 Å². The van der Waals surface area contributed by atoms with Crippen LogP contribution in [0.15, 0.2) is 59.2 Å². The molecule has 0 amide bonds. The number of fused-ring (bicyclic) bond motifs is 1. The van der Waals surface area contributed by atoms with Crippen LogP contribution >= 0.6 is 15.9 Å². The molecule has 0 aliphatic heterocycles. The molecule has 0 aliphatic rings. The lowest BCUT2D eigenvalue weighted by molar-refractivity contribution is 0.412. The molecule has 4 rings (SSSR count). The number of para-hydroxylation sites is 1. The molecule has 4 aromatic rings. The Balaban J connectivity index is 1.95. The molecule has 0 spiro atoms. The minimum Gasteiger partial charge on any atom is -0.496 e. The van der Waals surface area contributed by atoms with Crippen LogP contribution in [0.3, 0.4) is 0 Å². The van der Waals surface area contributed by atoms with Crippen LogP contribution in [0.2, 0.25) is 0 Å². The monoisotopic (exact) mass is 435 g/mol. The Morgan fingerprint density at radius 2 is 1.71 bits per heavy atom. The maximum absolute atomic E-state index is 5.53. The molecule has 4 nitrogen and oxygen atoms in total. The topological polar surface area (TPSA) is 38.6 Å². The molecule has 0 bridgehead atoms. The fourth-order valence-electron chi connectivity index (χ4n) is 3.44. The molecule has 0 atom stereocenters. The first-order chi connectivity index (χ1) is 13.5. The van der Waals surface area contributed by atoms with Gasteiger partial charge in [-0.05, 0) is 71.6 Å². The molecule has 0 fully saturated rings. The second-order valence-electron chi connectivity index (χ2n) is 6.96. The minimum absolute atomic E-state index is 0.855. The van der Waals surface area contributed by atoms with Crippen molar-refractivity contribution < 1.29 is 4.74 Å². The van der Waals surface area contributed by atoms with Crippen LogP contribution in [0.5, 0.6) is 5.75 Å². The largest absolute Gasteiger partial charge is 0.496 e. The van der Waals surface area contributed by atoms with E-state index < -0.39 is 0 Å². The number of imidazole rings is 1. The van der Waals surface area contributed by atoms with Gasteiger partial charge in [0.15, 0.2) is 0 Å². The molecule has 2 heterocycles. The van der Waals surface area contributed by atoms with Gasteiger partial charge in [-0.15, -0.1) is 0 Å². The number of nitrogens with one attached hydrogen (secondary N) is 1. The molecule has 0 aliphatic carbocycles. The second-order valence-corrected chi connectivity index (χ2v) is 7.88. The van der Waals surface area contributed by atoms with Crippen molar-refractivity contribution in [3.63, 3.8) is 0 Å². The van der Waals surface area contributed by atoms with E-state index in [9.17, 15) is 0 Å². The Morgan fingerprint density at radius 3 is 2.43 bits per heavy atom. The Bertz CT molecular complexity index is 1160. The summed E-state index contributed by atoms with van der Waals surface area (Å²) in [7, 11) is 1.70. The average molecular weight is 436 g/mol. The van der Waals surface area contributed by atoms with Gasteiger partial charge in [0.2, 0.25) is 0 Å². The SMILES string of the molecule is COc1cc(-c2nc3ccc(Br)cn3c2Nc2c(C)cccc2C)ccc1C. The lowest BCUT2D eigenvalue weighted by Gasteiger charge is -2.14. The highest BCUT2D eigenvalue weighted by molar-refractivity contribution is 9.10. The molecule has 2 aromatic heterocycles. The van der Waals surface area contributed by atoms with Crippen molar-refractivity contribution >= 4 is 33.1 Å². The highest BCUT2D eigenvalue weighted by atomic mass is 79.9. The Labute approximate surface area is 173 Å². The standard InChI is InChI=1S/C23H22BrN3O/c1-14-8-9-17(12-19(14)28-4)22-23(26-21-15(2)6-5-7-16(21)3)27-13-18(24)10-11-20(27)25-22/h5-13,26H,1-4H3. The van der Waals surface area contributed by atoms with Crippen LogP contribution in [-0.4, -0.2) is 16.5 Å². The zero-order chi connectivity index (χ0) is 19.8. The van der Waals surface area contributed by atoms with Gasteiger partial charge in [-0.1, -0.05) is 30.3 Å². The van der Waals surface area contributed by atoms with Gasteiger partial charge in [0.05, 0.1) is 7.11 Å². The average Bonchev–Trinajstić information content (AvgIpc) is 3.03. The van der Waals surface area contributed by atoms with E-state index in [0.29, 0.717) is 0 Å². The summed E-state index contributed by atoms with van der Waals surface area (Å²) in [4.78, 5) is 4.91. The molecule has 0 radical (unpaired) electrons. The minimum atomic E-state index is 0.855. The molecular weight excluding hydrogens is 414 g/mol. The van der Waals surface area contributed by atoms with E-state index in [2.05, 4.69) is 69.8 Å². The molecule has 0 unspecified atom stereocenters. The van der Waals surface area contributed by atoms with Crippen molar-refractivity contribution in [2.45, 2.75) is 20.8 Å². The summed E-state index contributed by atoms with van der Waals surface area (Å²) < 4.78 is 8.61. The maximum Gasteiger partial charge on any atom is 0.143 e. The Kier molecular flexibility index (Phi) is 4.85. The molecule has 142 valence electrons. The molecular formula is C23H22BrN3O. The summed E-state index contributed by atoms with van der Waals surface area (Å²) in [6.07, 6.45) is 2.03. The van der Waals surface area contributed by atoms with Gasteiger partial charge < -0.3 is 10.1 Å². The zero-order valence-electron chi connectivity index (χ0n) is 16.4. The number of benzene rings is 2. The van der Waals surface area contributed by atoms with Gasteiger partial charge in [-0.2, -0.15) is 0 Å². The first kappa shape index (κ1) is 18.6. The van der Waals surface area contributed by atoms with E-state index >= 15 is 0 Å². The van der Waals surface area contributed by atoms with E-state index in [1.165, 1.54) is 11.1 Å². The number of rotatable bonds is 4. The van der Waals surface area contributed by atoms with Crippen LogP contribution in [0.4, 0.5) is 11.5 Å². The highest BCUT2D eigenvalue weighted by Gasteiger charge is 2.17. The Morgan fingerprint density at radius 1 is 0.964 bits per heavy atom. The summed E-state index contributed by atoms with van der Waals surface area (Å²) in [6.45, 7) is 6.27. The highest BCUT2D eigenvalue weighted by Crippen LogP contribution is 2.35. The number of methoxy groups -OCH3 is 1. The lowest BCUT2D eigenvalue weighted by atomic mass is 10.1. The fraction of sp³-hybridized carbons (Fsp3) is 0.174. The summed E-state index contributed by atoms with van der Waals surface area (Å²) in [5.41, 5.74) is 7.36. The molecule has 5 heteroatoms. The van der Waals surface area contributed by atoms with E-state index in [1.807, 2.05) is 31.3 Å². The number of anilines is 2. The quantitative estimate of drug-likeness (QED) is 0.400. The Hall–Kier alpha value is -2.79. The van der Waals surface area contributed by atoms with Crippen molar-refractivity contribution in [3.8, 4) is 17.0 Å². The lowest BCUT2D eigenvalue weighted by Crippen LogP contribution is -2.01. The van der Waals surface area contributed by atoms with E-state index in [1.54, 1.807) is 7.11 Å². The summed E-state index contributed by atoms with van der Waals surface area (Å²) in [5.74, 6) is 1.79. The van der Waals surface area contributed by atoms with Gasteiger partial charge in [-0.3, -0.25) is 4.40 Å². The second kappa shape index (κ2) is 7.32. The number of halogens is 1. The third-order valence-electron chi connectivity index (χ3n) is 4.99. The van der Waals surface area contributed by atoms with Gasteiger partial charge in [0.25, 0.3) is 0 Å². The van der Waals surface area contributed by atoms with Crippen LogP contribution in [0, 0.1) is 20.8 Å². The van der Waals surface area contributed by atoms with Gasteiger partial charge in [0, 0.05) is 21.9 Å². The van der Waals surface area contributed by atoms with Crippen molar-refractivity contribution in [2.24, 2.45) is 0 Å². The van der Waals surface area contributed by atoms with Gasteiger partial charge >= 0.3 is 0 Å². The van der Waals surface area contributed by atoms with Crippen LogP contribution in [0.25, 0.3) is 16.9 Å². The third kappa shape index (κ3) is 3.27. The van der Waals surface area contributed by atoms with E-state index in [-0.39, 0.29) is 0 Å². The molecule has 0 saturated heterocycles. The molecule has 0 saturated carbocycles. The number of nitrogens with zero attached hydrogens (tertiary/aromatic N) is 2. The van der Waals surface area contributed by atoms with Crippen LogP contribution in [-0.2, 0) is 0 Å². The first-order valence-corrected chi connectivity index (χ1v) is 9.93. The van der Waals surface area contributed by atoms with Crippen LogP contribution in [0.1, 0.15) is 16.7 Å². The predicted octanol–water partition coefficient (Wildman–Crippen LogP) is 6.44. The number of aryl methyl sites for hydroxylation is 3. The number of aromatic nitrogens is 2. The van der Waals surface area contributed by atoms with Gasteiger partial charge in [-0.25, -0.2) is 4.98 Å². The summed E-state index contributed by atoms with van der Waals surface area (Å²) in [5, 5.41) is 3.65. The fourth-order valence-corrected chi connectivity index (χ4v) is 3.77. The number of pyridine rings is 1. The zero-order valence-corrected chi connectivity index (χ0v) is 18.0. The van der Waals surface area contributed by atoms with Crippen molar-refractivity contribution in [1.29, 1.82) is 0 Å². The number of hydrogen-bond acceptors (Lipinski definition) is 3. The molecule has 28 heavy (non-hydrogen) atoms. The third-order valence-corrected chi connectivity index (χ3v) is 5.46. The maximum atomic E-state index is 5.53.